The van der Waals surface area contributed by atoms with Crippen LogP contribution in [-0.4, -0.2) is 0 Å². The number of hydrogen-bond acceptors (Lipinski definition) is 2. The molecule has 0 aromatic heterocycles. The summed E-state index contributed by atoms with van der Waals surface area (Å²) in [6, 6.07) is 62.5. The summed E-state index contributed by atoms with van der Waals surface area (Å²) in [5, 5.41) is 0. The maximum absolute atomic E-state index is 2.35. The smallest absolute Gasteiger partial charge is 0.0462 e. The van der Waals surface area contributed by atoms with E-state index in [1.165, 1.54) is 68.7 Å². The van der Waals surface area contributed by atoms with Crippen molar-refractivity contribution in [3.8, 4) is 22.3 Å². The van der Waals surface area contributed by atoms with Crippen molar-refractivity contribution in [1.29, 1.82) is 0 Å². The van der Waals surface area contributed by atoms with Gasteiger partial charge in [0.05, 0.1) is 0 Å². The molecule has 0 aliphatic heterocycles. The van der Waals surface area contributed by atoms with Gasteiger partial charge in [0.25, 0.3) is 0 Å². The van der Waals surface area contributed by atoms with Gasteiger partial charge in [0.2, 0.25) is 0 Å². The fourth-order valence-corrected chi connectivity index (χ4v) is 7.04. The van der Waals surface area contributed by atoms with E-state index in [2.05, 4.69) is 207 Å². The monoisotopic (exact) mass is 690 g/mol. The van der Waals surface area contributed by atoms with Crippen molar-refractivity contribution in [2.75, 3.05) is 9.80 Å². The summed E-state index contributed by atoms with van der Waals surface area (Å²) in [5.41, 5.74) is 17.0. The van der Waals surface area contributed by atoms with Gasteiger partial charge in [-0.3, -0.25) is 0 Å². The molecule has 0 saturated heterocycles. The summed E-state index contributed by atoms with van der Waals surface area (Å²) >= 11 is 0. The van der Waals surface area contributed by atoms with Crippen LogP contribution in [0.4, 0.5) is 34.1 Å². The molecule has 7 aromatic carbocycles. The van der Waals surface area contributed by atoms with E-state index >= 15 is 0 Å². The Hall–Kier alpha value is -5.86. The molecule has 0 atom stereocenters. The van der Waals surface area contributed by atoms with E-state index in [1.807, 2.05) is 0 Å². The van der Waals surface area contributed by atoms with E-state index in [0.29, 0.717) is 0 Å². The molecule has 0 heterocycles. The van der Waals surface area contributed by atoms with Gasteiger partial charge in [-0.05, 0) is 139 Å². The summed E-state index contributed by atoms with van der Waals surface area (Å²) in [5.74, 6) is 0. The molecule has 2 nitrogen and oxygen atoms in total. The highest BCUT2D eigenvalue weighted by atomic mass is 15.1. The van der Waals surface area contributed by atoms with Crippen molar-refractivity contribution < 1.29 is 0 Å². The molecule has 7 aromatic rings. The van der Waals surface area contributed by atoms with Crippen LogP contribution in [0.3, 0.4) is 0 Å². The third kappa shape index (κ3) is 8.45. The minimum Gasteiger partial charge on any atom is -0.311 e. The van der Waals surface area contributed by atoms with Gasteiger partial charge in [0, 0.05) is 34.1 Å². The molecule has 0 fully saturated rings. The third-order valence-corrected chi connectivity index (χ3v) is 10.1. The minimum absolute atomic E-state index is 1.10. The van der Waals surface area contributed by atoms with Gasteiger partial charge in [0.15, 0.2) is 0 Å². The van der Waals surface area contributed by atoms with Crippen LogP contribution in [0, 0.1) is 13.8 Å². The molecule has 0 saturated carbocycles. The summed E-state index contributed by atoms with van der Waals surface area (Å²) < 4.78 is 0. The lowest BCUT2D eigenvalue weighted by Crippen LogP contribution is -2.10. The lowest BCUT2D eigenvalue weighted by Gasteiger charge is -2.26. The summed E-state index contributed by atoms with van der Waals surface area (Å²) in [6.07, 6.45) is 5.81. The molecule has 7 rings (SSSR count). The van der Waals surface area contributed by atoms with Gasteiger partial charge in [0.1, 0.15) is 0 Å². The Kier molecular flexibility index (Phi) is 11.2. The Balaban J connectivity index is 1.11. The van der Waals surface area contributed by atoms with Crippen LogP contribution in [0.1, 0.15) is 55.4 Å². The van der Waals surface area contributed by atoms with E-state index < -0.39 is 0 Å². The lowest BCUT2D eigenvalue weighted by molar-refractivity contribution is 0.795. The Bertz CT molecular complexity index is 2180. The first-order chi connectivity index (χ1) is 26.0. The summed E-state index contributed by atoms with van der Waals surface area (Å²) in [7, 11) is 0. The van der Waals surface area contributed by atoms with Gasteiger partial charge in [-0.25, -0.2) is 0 Å². The fourth-order valence-electron chi connectivity index (χ4n) is 7.04. The van der Waals surface area contributed by atoms with Crippen LogP contribution in [0.5, 0.6) is 0 Å². The van der Waals surface area contributed by atoms with Gasteiger partial charge >= 0.3 is 0 Å². The molecule has 0 unspecified atom stereocenters. The van der Waals surface area contributed by atoms with Gasteiger partial charge in [-0.2, -0.15) is 0 Å². The number of nitrogens with zero attached hydrogens (tertiary/aromatic N) is 2. The Morgan fingerprint density at radius 2 is 0.566 bits per heavy atom. The zero-order valence-corrected chi connectivity index (χ0v) is 31.6. The second kappa shape index (κ2) is 16.7. The maximum atomic E-state index is 2.35. The van der Waals surface area contributed by atoms with Gasteiger partial charge in [-0.1, -0.05) is 135 Å². The average Bonchev–Trinajstić information content (AvgIpc) is 3.21. The Labute approximate surface area is 317 Å². The number of rotatable bonds is 13. The second-order valence-corrected chi connectivity index (χ2v) is 14.2. The van der Waals surface area contributed by atoms with Crippen LogP contribution in [0.15, 0.2) is 170 Å². The first-order valence-corrected chi connectivity index (χ1v) is 19.2. The molecule has 0 radical (unpaired) electrons. The molecular formula is C51H50N2. The molecular weight excluding hydrogens is 641 g/mol. The zero-order valence-electron chi connectivity index (χ0n) is 31.6. The van der Waals surface area contributed by atoms with Crippen LogP contribution in [0.25, 0.3) is 22.3 Å². The standard InChI is InChI=1S/C51H50N2/c1-5-7-9-41-16-32-49(33-17-41)53(47-28-12-39(4)13-29-47)51-36-24-45(25-37-51)43-20-18-42(19-21-43)44-22-34-50(35-23-44)52(46-26-10-38(3)11-27-46)48-30-14-40(8-6-2)15-31-48/h10-37H,5-9H2,1-4H3. The third-order valence-electron chi connectivity index (χ3n) is 10.1. The zero-order chi connectivity index (χ0) is 36.6. The van der Waals surface area contributed by atoms with Crippen LogP contribution >= 0.6 is 0 Å². The highest BCUT2D eigenvalue weighted by Crippen LogP contribution is 2.38. The van der Waals surface area contributed by atoms with E-state index in [1.54, 1.807) is 0 Å². The molecule has 2 heteroatoms. The minimum atomic E-state index is 1.10. The number of aryl methyl sites for hydroxylation is 4. The number of hydrogen-bond donors (Lipinski definition) is 0. The normalized spacial score (nSPS) is 11.0. The summed E-state index contributed by atoms with van der Waals surface area (Å²) in [6.45, 7) is 8.76. The molecule has 0 amide bonds. The predicted octanol–water partition coefficient (Wildman–Crippen LogP) is 14.9. The number of anilines is 6. The first kappa shape index (κ1) is 35.5. The SMILES string of the molecule is CCCCc1ccc(N(c2ccc(C)cc2)c2ccc(-c3ccc(-c4ccc(N(c5ccc(C)cc5)c5ccc(CCC)cc5)cc4)cc3)cc2)cc1. The highest BCUT2D eigenvalue weighted by Gasteiger charge is 2.15. The molecule has 0 spiro atoms. The first-order valence-electron chi connectivity index (χ1n) is 19.2. The number of benzene rings is 7. The Morgan fingerprint density at radius 3 is 0.868 bits per heavy atom. The summed E-state index contributed by atoms with van der Waals surface area (Å²) in [4.78, 5) is 4.69. The fraction of sp³-hybridized carbons (Fsp3) is 0.176. The van der Waals surface area contributed by atoms with E-state index in [0.717, 1.165) is 42.0 Å². The molecule has 53 heavy (non-hydrogen) atoms. The second-order valence-electron chi connectivity index (χ2n) is 14.2. The van der Waals surface area contributed by atoms with E-state index in [9.17, 15) is 0 Å². The average molecular weight is 691 g/mol. The van der Waals surface area contributed by atoms with Gasteiger partial charge < -0.3 is 9.80 Å². The van der Waals surface area contributed by atoms with Crippen molar-refractivity contribution in [3.63, 3.8) is 0 Å². The molecule has 264 valence electrons. The molecule has 0 N–H and O–H groups in total. The van der Waals surface area contributed by atoms with Crippen molar-refractivity contribution >= 4 is 34.1 Å². The largest absolute Gasteiger partial charge is 0.311 e. The topological polar surface area (TPSA) is 6.48 Å². The quantitative estimate of drug-likeness (QED) is 0.119. The van der Waals surface area contributed by atoms with Gasteiger partial charge in [-0.15, -0.1) is 0 Å². The molecule has 0 aliphatic rings. The Morgan fingerprint density at radius 1 is 0.302 bits per heavy atom. The van der Waals surface area contributed by atoms with Crippen molar-refractivity contribution in [2.24, 2.45) is 0 Å². The van der Waals surface area contributed by atoms with Crippen molar-refractivity contribution in [1.82, 2.24) is 0 Å². The van der Waals surface area contributed by atoms with Crippen LogP contribution < -0.4 is 9.80 Å². The predicted molar refractivity (Wildman–Crippen MR) is 229 cm³/mol. The number of unbranched alkanes of at least 4 members (excludes halogenated alkanes) is 1. The molecule has 0 bridgehead atoms. The van der Waals surface area contributed by atoms with Crippen molar-refractivity contribution in [3.05, 3.63) is 192 Å². The maximum Gasteiger partial charge on any atom is 0.0462 e. The van der Waals surface area contributed by atoms with E-state index in [-0.39, 0.29) is 0 Å². The highest BCUT2D eigenvalue weighted by molar-refractivity contribution is 5.81. The van der Waals surface area contributed by atoms with E-state index in [4.69, 9.17) is 0 Å². The van der Waals surface area contributed by atoms with Crippen LogP contribution in [-0.2, 0) is 12.8 Å². The van der Waals surface area contributed by atoms with Crippen LogP contribution in [0.2, 0.25) is 0 Å². The van der Waals surface area contributed by atoms with Crippen molar-refractivity contribution in [2.45, 2.75) is 59.8 Å². The lowest BCUT2D eigenvalue weighted by atomic mass is 9.99. The molecule has 0 aliphatic carbocycles.